The van der Waals surface area contributed by atoms with Crippen molar-refractivity contribution in [1.82, 2.24) is 4.98 Å². The summed E-state index contributed by atoms with van der Waals surface area (Å²) in [7, 11) is 1.58. The highest BCUT2D eigenvalue weighted by molar-refractivity contribution is 7.12. The molecular formula is C16H13NO2S. The molecule has 100 valence electrons. The largest absolute Gasteiger partial charge is 0.495 e. The third-order valence-corrected chi connectivity index (χ3v) is 4.13. The predicted molar refractivity (Wildman–Crippen MR) is 80.6 cm³/mol. The second-order valence-electron chi connectivity index (χ2n) is 4.41. The number of hydrogen-bond acceptors (Lipinski definition) is 4. The quantitative estimate of drug-likeness (QED) is 0.685. The van der Waals surface area contributed by atoms with Gasteiger partial charge in [-0.25, -0.2) is 0 Å². The lowest BCUT2D eigenvalue weighted by Crippen LogP contribution is -2.03. The number of pyridine rings is 1. The summed E-state index contributed by atoms with van der Waals surface area (Å²) in [6.07, 6.45) is 2.11. The number of rotatable bonds is 4. The molecule has 0 amide bonds. The Morgan fingerprint density at radius 3 is 2.95 bits per heavy atom. The van der Waals surface area contributed by atoms with Gasteiger partial charge in [0.05, 0.1) is 12.6 Å². The molecule has 3 rings (SSSR count). The van der Waals surface area contributed by atoms with Crippen LogP contribution in [-0.2, 0) is 6.42 Å². The Labute approximate surface area is 120 Å². The van der Waals surface area contributed by atoms with E-state index >= 15 is 0 Å². The number of nitrogens with zero attached hydrogens (tertiary/aromatic N) is 1. The molecule has 0 saturated carbocycles. The minimum absolute atomic E-state index is 0.0770. The maximum atomic E-state index is 12.4. The van der Waals surface area contributed by atoms with Crippen molar-refractivity contribution in [1.29, 1.82) is 0 Å². The highest BCUT2D eigenvalue weighted by Gasteiger charge is 2.15. The van der Waals surface area contributed by atoms with E-state index < -0.39 is 0 Å². The molecule has 0 spiro atoms. The monoisotopic (exact) mass is 283 g/mol. The molecule has 3 nitrogen and oxygen atoms in total. The summed E-state index contributed by atoms with van der Waals surface area (Å²) in [5.41, 5.74) is 1.91. The van der Waals surface area contributed by atoms with Crippen molar-refractivity contribution in [3.8, 4) is 5.75 Å². The molecule has 0 fully saturated rings. The third kappa shape index (κ3) is 2.30. The number of ketones is 1. The number of thiophene rings is 1. The second kappa shape index (κ2) is 5.43. The fraction of sp³-hybridized carbons (Fsp3) is 0.125. The van der Waals surface area contributed by atoms with Crippen LogP contribution in [0.2, 0.25) is 0 Å². The highest BCUT2D eigenvalue weighted by atomic mass is 32.1. The van der Waals surface area contributed by atoms with E-state index in [1.807, 2.05) is 41.8 Å². The van der Waals surface area contributed by atoms with Gasteiger partial charge >= 0.3 is 0 Å². The summed E-state index contributed by atoms with van der Waals surface area (Å²) in [5.74, 6) is 0.728. The lowest BCUT2D eigenvalue weighted by atomic mass is 10.0. The number of carbonyl (C=O) groups is 1. The average Bonchev–Trinajstić information content (AvgIpc) is 2.96. The number of methoxy groups -OCH3 is 1. The minimum Gasteiger partial charge on any atom is -0.495 e. The van der Waals surface area contributed by atoms with Crippen LogP contribution in [0.1, 0.15) is 15.2 Å². The van der Waals surface area contributed by atoms with Gasteiger partial charge in [0.1, 0.15) is 10.6 Å². The molecule has 2 aromatic heterocycles. The van der Waals surface area contributed by atoms with Crippen LogP contribution < -0.4 is 4.74 Å². The average molecular weight is 283 g/mol. The van der Waals surface area contributed by atoms with Crippen LogP contribution in [0.25, 0.3) is 10.9 Å². The number of fused-ring (bicyclic) bond motifs is 1. The van der Waals surface area contributed by atoms with Gasteiger partial charge in [-0.3, -0.25) is 9.78 Å². The Bertz CT molecular complexity index is 759. The van der Waals surface area contributed by atoms with E-state index in [1.54, 1.807) is 13.3 Å². The van der Waals surface area contributed by atoms with E-state index in [0.29, 0.717) is 17.0 Å². The molecule has 0 bridgehead atoms. The molecule has 1 aromatic carbocycles. The summed E-state index contributed by atoms with van der Waals surface area (Å²) >= 11 is 1.42. The first-order valence-electron chi connectivity index (χ1n) is 6.27. The van der Waals surface area contributed by atoms with Crippen LogP contribution in [0.15, 0.2) is 48.0 Å². The topological polar surface area (TPSA) is 39.2 Å². The van der Waals surface area contributed by atoms with Crippen LogP contribution in [0.5, 0.6) is 5.75 Å². The van der Waals surface area contributed by atoms with Crippen molar-refractivity contribution in [2.45, 2.75) is 6.42 Å². The Morgan fingerprint density at radius 1 is 1.25 bits per heavy atom. The summed E-state index contributed by atoms with van der Waals surface area (Å²) < 4.78 is 5.21. The van der Waals surface area contributed by atoms with Crippen molar-refractivity contribution in [2.75, 3.05) is 7.11 Å². The number of hydrogen-bond donors (Lipinski definition) is 0. The molecule has 0 unspecified atom stereocenters. The zero-order valence-corrected chi connectivity index (χ0v) is 11.8. The normalized spacial score (nSPS) is 10.7. The molecule has 3 aromatic rings. The zero-order chi connectivity index (χ0) is 13.9. The van der Waals surface area contributed by atoms with Gasteiger partial charge in [-0.15, -0.1) is 11.3 Å². The first-order valence-corrected chi connectivity index (χ1v) is 7.15. The Kier molecular flexibility index (Phi) is 3.48. The molecule has 0 atom stereocenters. The van der Waals surface area contributed by atoms with Gasteiger partial charge in [-0.05, 0) is 29.1 Å². The third-order valence-electron chi connectivity index (χ3n) is 3.19. The lowest BCUT2D eigenvalue weighted by Gasteiger charge is -2.05. The molecule has 0 aliphatic heterocycles. The number of benzene rings is 1. The van der Waals surface area contributed by atoms with Gasteiger partial charge in [0.15, 0.2) is 5.78 Å². The molecule has 0 aliphatic carbocycles. The number of para-hydroxylation sites is 1. The molecule has 2 heterocycles. The number of aromatic nitrogens is 1. The summed E-state index contributed by atoms with van der Waals surface area (Å²) in [4.78, 5) is 17.4. The summed E-state index contributed by atoms with van der Waals surface area (Å²) in [6, 6.07) is 11.6. The standard InChI is InChI=1S/C16H13NO2S/c1-19-15-7-9-20-16(15)14(18)10-11-6-8-17-13-5-3-2-4-12(11)13/h2-9H,10H2,1H3. The molecule has 4 heteroatoms. The number of ether oxygens (including phenoxy) is 1. The van der Waals surface area contributed by atoms with Gasteiger partial charge in [0.25, 0.3) is 0 Å². The van der Waals surface area contributed by atoms with Gasteiger partial charge in [0, 0.05) is 18.0 Å². The van der Waals surface area contributed by atoms with E-state index in [9.17, 15) is 4.79 Å². The molecule has 0 saturated heterocycles. The van der Waals surface area contributed by atoms with E-state index in [2.05, 4.69) is 4.98 Å². The SMILES string of the molecule is COc1ccsc1C(=O)Cc1ccnc2ccccc12. The van der Waals surface area contributed by atoms with Gasteiger partial charge < -0.3 is 4.74 Å². The van der Waals surface area contributed by atoms with Gasteiger partial charge in [-0.1, -0.05) is 18.2 Å². The minimum atomic E-state index is 0.0770. The molecule has 0 radical (unpaired) electrons. The first-order chi connectivity index (χ1) is 9.79. The number of carbonyl (C=O) groups excluding carboxylic acids is 1. The van der Waals surface area contributed by atoms with Gasteiger partial charge in [-0.2, -0.15) is 0 Å². The van der Waals surface area contributed by atoms with Crippen molar-refractivity contribution in [2.24, 2.45) is 0 Å². The Morgan fingerprint density at radius 2 is 2.10 bits per heavy atom. The zero-order valence-electron chi connectivity index (χ0n) is 11.0. The fourth-order valence-corrected chi connectivity index (χ4v) is 3.02. The van der Waals surface area contributed by atoms with E-state index in [0.717, 1.165) is 16.5 Å². The lowest BCUT2D eigenvalue weighted by molar-refractivity contribution is 0.0994. The second-order valence-corrected chi connectivity index (χ2v) is 5.32. The van der Waals surface area contributed by atoms with Crippen LogP contribution in [0, 0.1) is 0 Å². The van der Waals surface area contributed by atoms with Crippen molar-refractivity contribution >= 4 is 28.0 Å². The highest BCUT2D eigenvalue weighted by Crippen LogP contribution is 2.27. The predicted octanol–water partition coefficient (Wildman–Crippen LogP) is 3.73. The smallest absolute Gasteiger partial charge is 0.180 e. The van der Waals surface area contributed by atoms with E-state index in [-0.39, 0.29) is 5.78 Å². The van der Waals surface area contributed by atoms with E-state index in [4.69, 9.17) is 4.74 Å². The maximum Gasteiger partial charge on any atom is 0.180 e. The van der Waals surface area contributed by atoms with Crippen LogP contribution in [0.3, 0.4) is 0 Å². The van der Waals surface area contributed by atoms with E-state index in [1.165, 1.54) is 11.3 Å². The summed E-state index contributed by atoms with van der Waals surface area (Å²) in [5, 5.41) is 2.90. The Hall–Kier alpha value is -2.20. The molecular weight excluding hydrogens is 270 g/mol. The fourth-order valence-electron chi connectivity index (χ4n) is 2.22. The van der Waals surface area contributed by atoms with Crippen molar-refractivity contribution in [3.05, 3.63) is 58.4 Å². The van der Waals surface area contributed by atoms with Crippen LogP contribution >= 0.6 is 11.3 Å². The molecule has 0 aliphatic rings. The van der Waals surface area contributed by atoms with Crippen LogP contribution in [0.4, 0.5) is 0 Å². The Balaban J connectivity index is 1.96. The molecule has 0 N–H and O–H groups in total. The van der Waals surface area contributed by atoms with Gasteiger partial charge in [0.2, 0.25) is 0 Å². The summed E-state index contributed by atoms with van der Waals surface area (Å²) in [6.45, 7) is 0. The van der Waals surface area contributed by atoms with Crippen molar-refractivity contribution in [3.63, 3.8) is 0 Å². The number of Topliss-reactive ketones (excluding diaryl/α,β-unsaturated/α-hetero) is 1. The molecule has 20 heavy (non-hydrogen) atoms. The maximum absolute atomic E-state index is 12.4. The van der Waals surface area contributed by atoms with Crippen molar-refractivity contribution < 1.29 is 9.53 Å². The van der Waals surface area contributed by atoms with Crippen LogP contribution in [-0.4, -0.2) is 17.9 Å². The first kappa shape index (κ1) is 12.8.